The number of methoxy groups -OCH3 is 1. The summed E-state index contributed by atoms with van der Waals surface area (Å²) in [6.07, 6.45) is 4.67. The highest BCUT2D eigenvalue weighted by Crippen LogP contribution is 2.38. The van der Waals surface area contributed by atoms with Crippen molar-refractivity contribution < 1.29 is 19.1 Å². The zero-order chi connectivity index (χ0) is 15.9. The molecule has 122 valence electrons. The molecule has 0 amide bonds. The minimum Gasteiger partial charge on any atom is -0.468 e. The van der Waals surface area contributed by atoms with Crippen LogP contribution in [0.25, 0.3) is 0 Å². The molecule has 0 radical (unpaired) electrons. The molecule has 0 unspecified atom stereocenters. The van der Waals surface area contributed by atoms with Crippen molar-refractivity contribution >= 4 is 23.7 Å². The lowest BCUT2D eigenvalue weighted by molar-refractivity contribution is -0.150. The van der Waals surface area contributed by atoms with Crippen molar-refractivity contribution in [1.29, 1.82) is 0 Å². The Kier molecular flexibility index (Phi) is 7.57. The van der Waals surface area contributed by atoms with E-state index in [1.165, 1.54) is 18.9 Å². The lowest BCUT2D eigenvalue weighted by atomic mass is 9.72. The van der Waals surface area contributed by atoms with Gasteiger partial charge in [0, 0.05) is 5.75 Å². The number of hydrogen-bond donors (Lipinski definition) is 0. The third kappa shape index (κ3) is 7.21. The SMILES string of the molecule is COC(=O)CSCCC(=O)OC1CCC(C(C)(C)C)CC1. The van der Waals surface area contributed by atoms with Crippen LogP contribution in [0.15, 0.2) is 0 Å². The number of ether oxygens (including phenoxy) is 2. The molecule has 4 nitrogen and oxygen atoms in total. The molecule has 1 saturated carbocycles. The van der Waals surface area contributed by atoms with E-state index in [1.807, 2.05) is 0 Å². The van der Waals surface area contributed by atoms with Gasteiger partial charge in [-0.1, -0.05) is 20.8 Å². The number of carbonyl (C=O) groups excluding carboxylic acids is 2. The van der Waals surface area contributed by atoms with E-state index < -0.39 is 0 Å². The number of esters is 2. The quantitative estimate of drug-likeness (QED) is 0.555. The van der Waals surface area contributed by atoms with Crippen LogP contribution < -0.4 is 0 Å². The minimum absolute atomic E-state index is 0.0849. The molecular weight excluding hydrogens is 288 g/mol. The number of thioether (sulfide) groups is 1. The highest BCUT2D eigenvalue weighted by Gasteiger charge is 2.30. The number of carbonyl (C=O) groups is 2. The first kappa shape index (κ1) is 18.3. The van der Waals surface area contributed by atoms with Gasteiger partial charge in [-0.15, -0.1) is 11.8 Å². The fourth-order valence-electron chi connectivity index (χ4n) is 2.66. The predicted molar refractivity (Wildman–Crippen MR) is 85.3 cm³/mol. The van der Waals surface area contributed by atoms with E-state index >= 15 is 0 Å². The summed E-state index contributed by atoms with van der Waals surface area (Å²) in [5, 5.41) is 0. The molecule has 0 aromatic heterocycles. The first-order valence-corrected chi connectivity index (χ1v) is 8.82. The van der Waals surface area contributed by atoms with Crippen LogP contribution in [0.5, 0.6) is 0 Å². The maximum atomic E-state index is 11.8. The van der Waals surface area contributed by atoms with Gasteiger partial charge in [0.25, 0.3) is 0 Å². The van der Waals surface area contributed by atoms with Crippen LogP contribution in [0.1, 0.15) is 52.9 Å². The normalized spacial score (nSPS) is 22.7. The van der Waals surface area contributed by atoms with Crippen LogP contribution in [0.3, 0.4) is 0 Å². The first-order valence-electron chi connectivity index (χ1n) is 7.67. The van der Waals surface area contributed by atoms with E-state index in [1.54, 1.807) is 0 Å². The molecule has 21 heavy (non-hydrogen) atoms. The average molecular weight is 316 g/mol. The van der Waals surface area contributed by atoms with Crippen LogP contribution in [0.2, 0.25) is 0 Å². The van der Waals surface area contributed by atoms with E-state index in [-0.39, 0.29) is 18.0 Å². The van der Waals surface area contributed by atoms with Gasteiger partial charge in [-0.3, -0.25) is 9.59 Å². The molecule has 1 aliphatic carbocycles. The fraction of sp³-hybridized carbons (Fsp3) is 0.875. The average Bonchev–Trinajstić information content (AvgIpc) is 2.43. The molecule has 1 aliphatic rings. The number of hydrogen-bond acceptors (Lipinski definition) is 5. The van der Waals surface area contributed by atoms with Gasteiger partial charge in [-0.2, -0.15) is 0 Å². The standard InChI is InChI=1S/C16H28O4S/c1-16(2,3)12-5-7-13(8-6-12)20-14(17)9-10-21-11-15(18)19-4/h12-13H,5-11H2,1-4H3. The van der Waals surface area contributed by atoms with Crippen LogP contribution >= 0.6 is 11.8 Å². The van der Waals surface area contributed by atoms with Gasteiger partial charge in [0.1, 0.15) is 6.10 Å². The van der Waals surface area contributed by atoms with Crippen molar-refractivity contribution in [2.45, 2.75) is 59.0 Å². The predicted octanol–water partition coefficient (Wildman–Crippen LogP) is 3.43. The van der Waals surface area contributed by atoms with Crippen molar-refractivity contribution in [3.63, 3.8) is 0 Å². The van der Waals surface area contributed by atoms with Crippen molar-refractivity contribution in [2.24, 2.45) is 11.3 Å². The highest BCUT2D eigenvalue weighted by atomic mass is 32.2. The van der Waals surface area contributed by atoms with Gasteiger partial charge in [0.15, 0.2) is 0 Å². The third-order valence-electron chi connectivity index (χ3n) is 4.10. The Hall–Kier alpha value is -0.710. The molecule has 0 aromatic carbocycles. The summed E-state index contributed by atoms with van der Waals surface area (Å²) >= 11 is 1.40. The Balaban J connectivity index is 2.15. The summed E-state index contributed by atoms with van der Waals surface area (Å²) in [4.78, 5) is 22.7. The third-order valence-corrected chi connectivity index (χ3v) is 5.03. The second-order valence-electron chi connectivity index (χ2n) is 6.71. The van der Waals surface area contributed by atoms with Gasteiger partial charge in [-0.25, -0.2) is 0 Å². The molecule has 0 atom stereocenters. The van der Waals surface area contributed by atoms with Crippen LogP contribution in [-0.2, 0) is 19.1 Å². The van der Waals surface area contributed by atoms with E-state index in [0.717, 1.165) is 31.6 Å². The summed E-state index contributed by atoms with van der Waals surface area (Å²) in [5.41, 5.74) is 0.347. The van der Waals surface area contributed by atoms with Gasteiger partial charge in [-0.05, 0) is 37.0 Å². The van der Waals surface area contributed by atoms with E-state index in [2.05, 4.69) is 25.5 Å². The highest BCUT2D eigenvalue weighted by molar-refractivity contribution is 7.99. The Labute approximate surface area is 132 Å². The van der Waals surface area contributed by atoms with E-state index in [4.69, 9.17) is 4.74 Å². The van der Waals surface area contributed by atoms with E-state index in [0.29, 0.717) is 23.3 Å². The molecule has 0 N–H and O–H groups in total. The van der Waals surface area contributed by atoms with Crippen LogP contribution in [0, 0.1) is 11.3 Å². The molecule has 1 fully saturated rings. The summed E-state index contributed by atoms with van der Waals surface area (Å²) in [6.45, 7) is 6.84. The fourth-order valence-corrected chi connectivity index (χ4v) is 3.40. The molecule has 0 bridgehead atoms. The van der Waals surface area contributed by atoms with Crippen LogP contribution in [-0.4, -0.2) is 36.7 Å². The molecule has 5 heteroatoms. The molecule has 0 aromatic rings. The summed E-state index contributed by atoms with van der Waals surface area (Å²) in [5.74, 6) is 1.22. The monoisotopic (exact) mass is 316 g/mol. The lowest BCUT2D eigenvalue weighted by Gasteiger charge is -2.36. The first-order chi connectivity index (χ1) is 9.82. The van der Waals surface area contributed by atoms with Crippen LogP contribution in [0.4, 0.5) is 0 Å². The van der Waals surface area contributed by atoms with Crippen molar-refractivity contribution in [1.82, 2.24) is 0 Å². The van der Waals surface area contributed by atoms with Gasteiger partial charge in [0.05, 0.1) is 19.3 Å². The van der Waals surface area contributed by atoms with Crippen molar-refractivity contribution in [2.75, 3.05) is 18.6 Å². The smallest absolute Gasteiger partial charge is 0.315 e. The molecule has 0 aliphatic heterocycles. The lowest BCUT2D eigenvalue weighted by Crippen LogP contribution is -2.30. The Bertz CT molecular complexity index is 341. The molecule has 1 rings (SSSR count). The molecule has 0 spiro atoms. The molecular formula is C16H28O4S. The zero-order valence-electron chi connectivity index (χ0n) is 13.6. The van der Waals surface area contributed by atoms with Gasteiger partial charge >= 0.3 is 11.9 Å². The topological polar surface area (TPSA) is 52.6 Å². The van der Waals surface area contributed by atoms with Gasteiger partial charge < -0.3 is 9.47 Å². The minimum atomic E-state index is -0.256. The maximum Gasteiger partial charge on any atom is 0.315 e. The second-order valence-corrected chi connectivity index (χ2v) is 7.81. The maximum absolute atomic E-state index is 11.8. The molecule has 0 saturated heterocycles. The Morgan fingerprint density at radius 3 is 2.24 bits per heavy atom. The summed E-state index contributed by atoms with van der Waals surface area (Å²) in [7, 11) is 1.37. The zero-order valence-corrected chi connectivity index (χ0v) is 14.5. The second kappa shape index (κ2) is 8.66. The molecule has 0 heterocycles. The Morgan fingerprint density at radius 2 is 1.71 bits per heavy atom. The van der Waals surface area contributed by atoms with Gasteiger partial charge in [0.2, 0.25) is 0 Å². The number of rotatable bonds is 6. The van der Waals surface area contributed by atoms with E-state index in [9.17, 15) is 9.59 Å². The van der Waals surface area contributed by atoms with Crippen molar-refractivity contribution in [3.05, 3.63) is 0 Å². The summed E-state index contributed by atoms with van der Waals surface area (Å²) in [6, 6.07) is 0. The Morgan fingerprint density at radius 1 is 1.10 bits per heavy atom. The largest absolute Gasteiger partial charge is 0.468 e. The summed E-state index contributed by atoms with van der Waals surface area (Å²) < 4.78 is 10.1. The van der Waals surface area contributed by atoms with Crippen molar-refractivity contribution in [3.8, 4) is 0 Å².